The summed E-state index contributed by atoms with van der Waals surface area (Å²) in [6, 6.07) is 16.2. The van der Waals surface area contributed by atoms with Crippen LogP contribution in [0, 0.1) is 6.92 Å². The van der Waals surface area contributed by atoms with E-state index in [1.54, 1.807) is 30.3 Å². The Morgan fingerprint density at radius 1 is 1.04 bits per heavy atom. The van der Waals surface area contributed by atoms with Gasteiger partial charge < -0.3 is 15.2 Å². The van der Waals surface area contributed by atoms with E-state index in [0.717, 1.165) is 17.5 Å². The van der Waals surface area contributed by atoms with Crippen molar-refractivity contribution in [3.8, 4) is 11.3 Å². The topological polar surface area (TPSA) is 84.2 Å². The van der Waals surface area contributed by atoms with Gasteiger partial charge in [-0.15, -0.1) is 0 Å². The van der Waals surface area contributed by atoms with Crippen molar-refractivity contribution in [3.05, 3.63) is 71.5 Å². The van der Waals surface area contributed by atoms with E-state index in [4.69, 9.17) is 4.52 Å². The van der Waals surface area contributed by atoms with Crippen molar-refractivity contribution in [2.75, 3.05) is 11.9 Å². The van der Waals surface area contributed by atoms with Gasteiger partial charge in [-0.25, -0.2) is 0 Å². The molecule has 0 saturated heterocycles. The van der Waals surface area contributed by atoms with Crippen LogP contribution in [0.2, 0.25) is 0 Å². The summed E-state index contributed by atoms with van der Waals surface area (Å²) in [7, 11) is 0. The zero-order valence-corrected chi connectivity index (χ0v) is 15.3. The number of hydrogen-bond acceptors (Lipinski definition) is 4. The van der Waals surface area contributed by atoms with Gasteiger partial charge in [-0.3, -0.25) is 9.59 Å². The fourth-order valence-electron chi connectivity index (χ4n) is 2.55. The van der Waals surface area contributed by atoms with Crippen LogP contribution in [0.4, 0.5) is 5.69 Å². The number of carbonyl (C=O) groups excluding carboxylic acids is 2. The van der Waals surface area contributed by atoms with Crippen LogP contribution >= 0.6 is 0 Å². The minimum atomic E-state index is -0.461. The molecular weight excluding hydrogens is 342 g/mol. The summed E-state index contributed by atoms with van der Waals surface area (Å²) in [5.74, 6) is -0.614. The molecule has 2 amide bonds. The maximum atomic E-state index is 12.5. The lowest BCUT2D eigenvalue weighted by molar-refractivity contribution is 0.0954. The maximum absolute atomic E-state index is 12.5. The number of nitrogens with one attached hydrogen (secondary N) is 2. The molecule has 0 atom stereocenters. The highest BCUT2D eigenvalue weighted by molar-refractivity contribution is 6.08. The highest BCUT2D eigenvalue weighted by Gasteiger charge is 2.17. The number of aromatic nitrogens is 1. The molecule has 6 nitrogen and oxygen atoms in total. The Hall–Kier alpha value is -3.41. The maximum Gasteiger partial charge on any atom is 0.294 e. The minimum Gasteiger partial charge on any atom is -0.352 e. The molecule has 2 aromatic carbocycles. The highest BCUT2D eigenvalue weighted by atomic mass is 16.5. The van der Waals surface area contributed by atoms with E-state index < -0.39 is 5.91 Å². The predicted octanol–water partition coefficient (Wildman–Crippen LogP) is 4.04. The monoisotopic (exact) mass is 363 g/mol. The van der Waals surface area contributed by atoms with Crippen LogP contribution in [0.3, 0.4) is 0 Å². The minimum absolute atomic E-state index is 0.0781. The van der Waals surface area contributed by atoms with Crippen molar-refractivity contribution in [3.63, 3.8) is 0 Å². The molecule has 0 aliphatic heterocycles. The molecule has 0 saturated carbocycles. The second-order valence-electron chi connectivity index (χ2n) is 6.20. The number of para-hydroxylation sites is 1. The summed E-state index contributed by atoms with van der Waals surface area (Å²) in [6.45, 7) is 4.55. The lowest BCUT2D eigenvalue weighted by atomic mass is 10.1. The molecule has 1 aromatic heterocycles. The number of anilines is 1. The fraction of sp³-hybridized carbons (Fsp3) is 0.190. The lowest BCUT2D eigenvalue weighted by Crippen LogP contribution is -2.25. The van der Waals surface area contributed by atoms with Crippen LogP contribution < -0.4 is 10.6 Å². The third-order valence-corrected chi connectivity index (χ3v) is 4.04. The number of hydrogen-bond donors (Lipinski definition) is 2. The van der Waals surface area contributed by atoms with Gasteiger partial charge >= 0.3 is 0 Å². The van der Waals surface area contributed by atoms with Crippen LogP contribution in [0.5, 0.6) is 0 Å². The average Bonchev–Trinajstić information content (AvgIpc) is 3.17. The Bertz CT molecular complexity index is 945. The number of rotatable bonds is 6. The third-order valence-electron chi connectivity index (χ3n) is 4.04. The van der Waals surface area contributed by atoms with Crippen LogP contribution in [0.15, 0.2) is 59.1 Å². The van der Waals surface area contributed by atoms with Crippen molar-refractivity contribution in [1.29, 1.82) is 0 Å². The molecule has 1 heterocycles. The van der Waals surface area contributed by atoms with Gasteiger partial charge in [-0.2, -0.15) is 0 Å². The molecule has 0 unspecified atom stereocenters. The molecule has 2 N–H and O–H groups in total. The molecule has 138 valence electrons. The number of nitrogens with zero attached hydrogens (tertiary/aromatic N) is 1. The predicted molar refractivity (Wildman–Crippen MR) is 104 cm³/mol. The lowest BCUT2D eigenvalue weighted by Gasteiger charge is -2.10. The van der Waals surface area contributed by atoms with Crippen molar-refractivity contribution >= 4 is 17.5 Å². The van der Waals surface area contributed by atoms with Crippen LogP contribution in [0.1, 0.15) is 39.8 Å². The average molecular weight is 363 g/mol. The first-order valence-electron chi connectivity index (χ1n) is 8.81. The van der Waals surface area contributed by atoms with Crippen LogP contribution in [-0.2, 0) is 0 Å². The summed E-state index contributed by atoms with van der Waals surface area (Å²) in [5.41, 5.74) is 3.40. The van der Waals surface area contributed by atoms with Gasteiger partial charge in [0.1, 0.15) is 5.69 Å². The van der Waals surface area contributed by atoms with Gasteiger partial charge in [0.15, 0.2) is 0 Å². The first-order chi connectivity index (χ1) is 13.1. The molecule has 0 radical (unpaired) electrons. The van der Waals surface area contributed by atoms with Crippen molar-refractivity contribution in [2.45, 2.75) is 20.3 Å². The van der Waals surface area contributed by atoms with Crippen molar-refractivity contribution in [1.82, 2.24) is 10.5 Å². The van der Waals surface area contributed by atoms with Crippen LogP contribution in [-0.4, -0.2) is 23.5 Å². The van der Waals surface area contributed by atoms with Gasteiger partial charge in [-0.1, -0.05) is 54.0 Å². The van der Waals surface area contributed by atoms with Crippen molar-refractivity contribution in [2.24, 2.45) is 0 Å². The largest absolute Gasteiger partial charge is 0.352 e. The summed E-state index contributed by atoms with van der Waals surface area (Å²) < 4.78 is 5.19. The summed E-state index contributed by atoms with van der Waals surface area (Å²) in [6.07, 6.45) is 0.833. The second kappa shape index (κ2) is 8.31. The molecule has 0 aliphatic rings. The van der Waals surface area contributed by atoms with Gasteiger partial charge in [0.25, 0.3) is 11.8 Å². The number of carbonyl (C=O) groups is 2. The first kappa shape index (κ1) is 18.4. The van der Waals surface area contributed by atoms with E-state index in [9.17, 15) is 9.59 Å². The summed E-state index contributed by atoms with van der Waals surface area (Å²) in [4.78, 5) is 24.8. The summed E-state index contributed by atoms with van der Waals surface area (Å²) >= 11 is 0. The molecular formula is C21H21N3O3. The van der Waals surface area contributed by atoms with Gasteiger partial charge in [-0.05, 0) is 25.5 Å². The number of amides is 2. The molecule has 0 spiro atoms. The van der Waals surface area contributed by atoms with Gasteiger partial charge in [0.2, 0.25) is 5.76 Å². The molecule has 27 heavy (non-hydrogen) atoms. The molecule has 6 heteroatoms. The Labute approximate surface area is 157 Å². The zero-order chi connectivity index (χ0) is 19.2. The van der Waals surface area contributed by atoms with Gasteiger partial charge in [0, 0.05) is 18.2 Å². The van der Waals surface area contributed by atoms with E-state index in [1.165, 1.54) is 0 Å². The van der Waals surface area contributed by atoms with Crippen LogP contribution in [0.25, 0.3) is 11.3 Å². The SMILES string of the molecule is CCCNC(=O)c1ccccc1NC(=O)c1cc(-c2ccc(C)cc2)no1. The van der Waals surface area contributed by atoms with E-state index >= 15 is 0 Å². The Kier molecular flexibility index (Phi) is 5.66. The standard InChI is InChI=1S/C21H21N3O3/c1-3-12-22-20(25)16-6-4-5-7-17(16)23-21(26)19-13-18(24-27-19)15-10-8-14(2)9-11-15/h4-11,13H,3,12H2,1-2H3,(H,22,25)(H,23,26). The Balaban J connectivity index is 1.77. The normalized spacial score (nSPS) is 10.4. The smallest absolute Gasteiger partial charge is 0.294 e. The Morgan fingerprint density at radius 3 is 2.52 bits per heavy atom. The number of benzene rings is 2. The van der Waals surface area contributed by atoms with E-state index in [1.807, 2.05) is 38.1 Å². The zero-order valence-electron chi connectivity index (χ0n) is 15.3. The van der Waals surface area contributed by atoms with E-state index in [2.05, 4.69) is 15.8 Å². The fourth-order valence-corrected chi connectivity index (χ4v) is 2.55. The molecule has 0 aliphatic carbocycles. The number of aryl methyl sites for hydroxylation is 1. The van der Waals surface area contributed by atoms with E-state index in [-0.39, 0.29) is 11.7 Å². The molecule has 3 aromatic rings. The molecule has 3 rings (SSSR count). The highest BCUT2D eigenvalue weighted by Crippen LogP contribution is 2.21. The van der Waals surface area contributed by atoms with Crippen molar-refractivity contribution < 1.29 is 14.1 Å². The van der Waals surface area contributed by atoms with E-state index in [0.29, 0.717) is 23.5 Å². The second-order valence-corrected chi connectivity index (χ2v) is 6.20. The quantitative estimate of drug-likeness (QED) is 0.692. The molecule has 0 fully saturated rings. The third kappa shape index (κ3) is 4.41. The summed E-state index contributed by atoms with van der Waals surface area (Å²) in [5, 5.41) is 9.49. The molecule has 0 bridgehead atoms. The Morgan fingerprint density at radius 2 is 1.78 bits per heavy atom. The first-order valence-corrected chi connectivity index (χ1v) is 8.81. The van der Waals surface area contributed by atoms with Gasteiger partial charge in [0.05, 0.1) is 11.3 Å².